The lowest BCUT2D eigenvalue weighted by Crippen LogP contribution is -2.47. The largest absolute Gasteiger partial charge is 0.382 e. The van der Waals surface area contributed by atoms with E-state index in [0.29, 0.717) is 18.0 Å². The summed E-state index contributed by atoms with van der Waals surface area (Å²) < 4.78 is 5.34. The van der Waals surface area contributed by atoms with Crippen LogP contribution in [0.25, 0.3) is 0 Å². The lowest BCUT2D eigenvalue weighted by Gasteiger charge is -2.22. The molecule has 1 fully saturated rings. The average Bonchev–Trinajstić information content (AvgIpc) is 2.82. The highest BCUT2D eigenvalue weighted by Gasteiger charge is 2.31. The van der Waals surface area contributed by atoms with Gasteiger partial charge in [-0.15, -0.1) is 0 Å². The van der Waals surface area contributed by atoms with Crippen molar-refractivity contribution in [3.05, 3.63) is 0 Å². The van der Waals surface area contributed by atoms with Crippen molar-refractivity contribution in [2.45, 2.75) is 52.6 Å². The summed E-state index contributed by atoms with van der Waals surface area (Å²) >= 11 is 0. The smallest absolute Gasteiger partial charge is 0.191 e. The van der Waals surface area contributed by atoms with Crippen molar-refractivity contribution in [2.24, 2.45) is 10.9 Å². The standard InChI is InChI=1S/C16H34N4O/c1-6-21-10-8-7-9-18-16(17-5)19-15-12-20(13(2)3)11-14(15)4/h13-15H,6-12H2,1-5H3,(H2,17,18,19). The summed E-state index contributed by atoms with van der Waals surface area (Å²) in [6.07, 6.45) is 2.21. The van der Waals surface area contributed by atoms with Gasteiger partial charge in [-0.25, -0.2) is 0 Å². The van der Waals surface area contributed by atoms with Crippen molar-refractivity contribution in [1.82, 2.24) is 15.5 Å². The Hall–Kier alpha value is -0.810. The second-order valence-electron chi connectivity index (χ2n) is 6.18. The molecule has 0 saturated carbocycles. The predicted octanol–water partition coefficient (Wildman–Crippen LogP) is 1.70. The first-order valence-electron chi connectivity index (χ1n) is 8.37. The maximum absolute atomic E-state index is 5.34. The monoisotopic (exact) mass is 298 g/mol. The Kier molecular flexibility index (Phi) is 8.69. The number of nitrogens with zero attached hydrogens (tertiary/aromatic N) is 2. The van der Waals surface area contributed by atoms with E-state index in [1.807, 2.05) is 14.0 Å². The third-order valence-electron chi connectivity index (χ3n) is 4.13. The van der Waals surface area contributed by atoms with Crippen LogP contribution in [0, 0.1) is 5.92 Å². The molecule has 1 heterocycles. The first-order valence-corrected chi connectivity index (χ1v) is 8.37. The second-order valence-corrected chi connectivity index (χ2v) is 6.18. The molecule has 0 aromatic heterocycles. The Morgan fingerprint density at radius 1 is 1.33 bits per heavy atom. The highest BCUT2D eigenvalue weighted by molar-refractivity contribution is 5.80. The lowest BCUT2D eigenvalue weighted by molar-refractivity contribution is 0.143. The number of aliphatic imine (C=N–C) groups is 1. The molecule has 1 saturated heterocycles. The van der Waals surface area contributed by atoms with Gasteiger partial charge in [-0.2, -0.15) is 0 Å². The van der Waals surface area contributed by atoms with Crippen LogP contribution in [0.1, 0.15) is 40.5 Å². The number of hydrogen-bond donors (Lipinski definition) is 2. The third-order valence-corrected chi connectivity index (χ3v) is 4.13. The van der Waals surface area contributed by atoms with Crippen LogP contribution in [0.4, 0.5) is 0 Å². The summed E-state index contributed by atoms with van der Waals surface area (Å²) in [5, 5.41) is 6.97. The number of rotatable bonds is 8. The molecular formula is C16H34N4O. The number of unbranched alkanes of at least 4 members (excludes halogenated alkanes) is 1. The van der Waals surface area contributed by atoms with Crippen LogP contribution in [0.2, 0.25) is 0 Å². The van der Waals surface area contributed by atoms with Gasteiger partial charge in [0.2, 0.25) is 0 Å². The van der Waals surface area contributed by atoms with Crippen LogP contribution >= 0.6 is 0 Å². The van der Waals surface area contributed by atoms with Crippen LogP contribution in [0.3, 0.4) is 0 Å². The molecule has 0 amide bonds. The molecule has 0 spiro atoms. The number of guanidine groups is 1. The summed E-state index contributed by atoms with van der Waals surface area (Å²) in [7, 11) is 1.84. The molecule has 2 N–H and O–H groups in total. The Bertz CT molecular complexity index is 307. The van der Waals surface area contributed by atoms with Gasteiger partial charge in [0.05, 0.1) is 0 Å². The maximum Gasteiger partial charge on any atom is 0.191 e. The fourth-order valence-corrected chi connectivity index (χ4v) is 2.66. The zero-order chi connectivity index (χ0) is 15.7. The molecule has 1 rings (SSSR count). The molecule has 1 aliphatic rings. The minimum absolute atomic E-state index is 0.488. The van der Waals surface area contributed by atoms with E-state index < -0.39 is 0 Å². The highest BCUT2D eigenvalue weighted by atomic mass is 16.5. The first-order chi connectivity index (χ1) is 10.1. The number of likely N-dealkylation sites (tertiary alicyclic amines) is 1. The van der Waals surface area contributed by atoms with Crippen LogP contribution in [-0.4, -0.2) is 62.8 Å². The molecule has 5 nitrogen and oxygen atoms in total. The molecule has 5 heteroatoms. The maximum atomic E-state index is 5.34. The lowest BCUT2D eigenvalue weighted by atomic mass is 10.1. The number of nitrogens with one attached hydrogen (secondary N) is 2. The third kappa shape index (κ3) is 6.66. The van der Waals surface area contributed by atoms with E-state index in [4.69, 9.17) is 4.74 Å². The van der Waals surface area contributed by atoms with Crippen LogP contribution in [0.15, 0.2) is 4.99 Å². The topological polar surface area (TPSA) is 48.9 Å². The van der Waals surface area contributed by atoms with Crippen LogP contribution in [0.5, 0.6) is 0 Å². The molecule has 2 unspecified atom stereocenters. The minimum atomic E-state index is 0.488. The van der Waals surface area contributed by atoms with Gasteiger partial charge in [-0.1, -0.05) is 6.92 Å². The Morgan fingerprint density at radius 2 is 2.10 bits per heavy atom. The van der Waals surface area contributed by atoms with E-state index in [1.54, 1.807) is 0 Å². The summed E-state index contributed by atoms with van der Waals surface area (Å²) in [5.74, 6) is 1.58. The zero-order valence-corrected chi connectivity index (χ0v) is 14.5. The average molecular weight is 298 g/mol. The molecule has 0 bridgehead atoms. The van der Waals surface area contributed by atoms with Gasteiger partial charge >= 0.3 is 0 Å². The summed E-state index contributed by atoms with van der Waals surface area (Å²) in [6.45, 7) is 13.8. The van der Waals surface area contributed by atoms with Gasteiger partial charge in [0.25, 0.3) is 0 Å². The van der Waals surface area contributed by atoms with Gasteiger partial charge in [0.15, 0.2) is 5.96 Å². The molecule has 0 aromatic carbocycles. The molecule has 0 aromatic rings. The zero-order valence-electron chi connectivity index (χ0n) is 14.5. The fourth-order valence-electron chi connectivity index (χ4n) is 2.66. The van der Waals surface area contributed by atoms with Crippen LogP contribution in [-0.2, 0) is 4.74 Å². The van der Waals surface area contributed by atoms with E-state index in [2.05, 4.69) is 41.3 Å². The first kappa shape index (κ1) is 18.2. The number of ether oxygens (including phenoxy) is 1. The fraction of sp³-hybridized carbons (Fsp3) is 0.938. The van der Waals surface area contributed by atoms with Crippen molar-refractivity contribution in [1.29, 1.82) is 0 Å². The normalized spacial score (nSPS) is 23.8. The van der Waals surface area contributed by atoms with E-state index >= 15 is 0 Å². The van der Waals surface area contributed by atoms with E-state index in [0.717, 1.165) is 45.1 Å². The van der Waals surface area contributed by atoms with Gasteiger partial charge in [0, 0.05) is 52.0 Å². The highest BCUT2D eigenvalue weighted by Crippen LogP contribution is 2.18. The Balaban J connectivity index is 2.25. The van der Waals surface area contributed by atoms with Crippen molar-refractivity contribution in [3.63, 3.8) is 0 Å². The van der Waals surface area contributed by atoms with Crippen molar-refractivity contribution < 1.29 is 4.74 Å². The summed E-state index contributed by atoms with van der Waals surface area (Å²) in [6, 6.07) is 1.11. The quantitative estimate of drug-likeness (QED) is 0.407. The summed E-state index contributed by atoms with van der Waals surface area (Å²) in [4.78, 5) is 6.86. The van der Waals surface area contributed by atoms with Crippen molar-refractivity contribution in [2.75, 3.05) is 39.9 Å². The van der Waals surface area contributed by atoms with E-state index in [-0.39, 0.29) is 0 Å². The van der Waals surface area contributed by atoms with E-state index in [9.17, 15) is 0 Å². The Morgan fingerprint density at radius 3 is 2.67 bits per heavy atom. The summed E-state index contributed by atoms with van der Waals surface area (Å²) in [5.41, 5.74) is 0. The predicted molar refractivity (Wildman–Crippen MR) is 89.9 cm³/mol. The van der Waals surface area contributed by atoms with Gasteiger partial charge < -0.3 is 15.4 Å². The molecule has 0 radical (unpaired) electrons. The minimum Gasteiger partial charge on any atom is -0.382 e. The molecule has 21 heavy (non-hydrogen) atoms. The SMILES string of the molecule is CCOCCCCNC(=NC)NC1CN(C(C)C)CC1C. The number of hydrogen-bond acceptors (Lipinski definition) is 3. The second kappa shape index (κ2) is 10.0. The molecule has 1 aliphatic heterocycles. The molecule has 2 atom stereocenters. The van der Waals surface area contributed by atoms with Crippen molar-refractivity contribution >= 4 is 5.96 Å². The van der Waals surface area contributed by atoms with Crippen LogP contribution < -0.4 is 10.6 Å². The van der Waals surface area contributed by atoms with Crippen molar-refractivity contribution in [3.8, 4) is 0 Å². The van der Waals surface area contributed by atoms with Gasteiger partial charge in [-0.3, -0.25) is 9.89 Å². The Labute approximate surface area is 130 Å². The molecular weight excluding hydrogens is 264 g/mol. The molecule has 124 valence electrons. The van der Waals surface area contributed by atoms with Gasteiger partial charge in [0.1, 0.15) is 0 Å². The van der Waals surface area contributed by atoms with Gasteiger partial charge in [-0.05, 0) is 39.5 Å². The van der Waals surface area contributed by atoms with E-state index in [1.165, 1.54) is 6.54 Å². The molecule has 0 aliphatic carbocycles.